The third-order valence-corrected chi connectivity index (χ3v) is 6.98. The van der Waals surface area contributed by atoms with Gasteiger partial charge in [-0.3, -0.25) is 4.79 Å². The van der Waals surface area contributed by atoms with E-state index in [0.29, 0.717) is 31.3 Å². The van der Waals surface area contributed by atoms with E-state index in [2.05, 4.69) is 5.32 Å². The maximum absolute atomic E-state index is 12.9. The molecule has 2 aromatic carbocycles. The molecule has 2 aliphatic heterocycles. The number of ether oxygens (including phenoxy) is 4. The number of amides is 1. The van der Waals surface area contributed by atoms with Gasteiger partial charge in [0, 0.05) is 13.1 Å². The third-order valence-electron chi connectivity index (χ3n) is 5.08. The van der Waals surface area contributed by atoms with Crippen LogP contribution >= 0.6 is 0 Å². The highest BCUT2D eigenvalue weighted by Crippen LogP contribution is 2.31. The van der Waals surface area contributed by atoms with Crippen LogP contribution in [0.25, 0.3) is 0 Å². The van der Waals surface area contributed by atoms with Crippen LogP contribution in [0.5, 0.6) is 17.2 Å². The fraction of sp³-hybridized carbons (Fsp3) is 0.381. The summed E-state index contributed by atoms with van der Waals surface area (Å²) in [5.74, 6) is 1.10. The summed E-state index contributed by atoms with van der Waals surface area (Å²) in [5, 5.41) is 2.78. The molecule has 31 heavy (non-hydrogen) atoms. The highest BCUT2D eigenvalue weighted by Gasteiger charge is 2.28. The molecule has 2 aliphatic rings. The Morgan fingerprint density at radius 2 is 1.90 bits per heavy atom. The van der Waals surface area contributed by atoms with Gasteiger partial charge in [0.1, 0.15) is 18.5 Å². The van der Waals surface area contributed by atoms with E-state index in [1.807, 2.05) is 18.2 Å². The van der Waals surface area contributed by atoms with E-state index in [1.54, 1.807) is 6.07 Å². The minimum Gasteiger partial charge on any atom is -0.496 e. The van der Waals surface area contributed by atoms with Gasteiger partial charge < -0.3 is 24.3 Å². The number of para-hydroxylation sites is 2. The molecule has 0 unspecified atom stereocenters. The van der Waals surface area contributed by atoms with Gasteiger partial charge in [-0.15, -0.1) is 0 Å². The van der Waals surface area contributed by atoms with Gasteiger partial charge in [0.2, 0.25) is 10.0 Å². The highest BCUT2D eigenvalue weighted by molar-refractivity contribution is 7.89. The second-order valence-electron chi connectivity index (χ2n) is 7.09. The van der Waals surface area contributed by atoms with E-state index in [4.69, 9.17) is 18.9 Å². The van der Waals surface area contributed by atoms with Crippen molar-refractivity contribution < 1.29 is 32.2 Å². The Kier molecular flexibility index (Phi) is 6.30. The minimum absolute atomic E-state index is 0.0338. The van der Waals surface area contributed by atoms with Crippen LogP contribution in [-0.2, 0) is 14.8 Å². The standard InChI is InChI=1S/C21H24N2O7S/c1-27-18-7-6-16(31(25,26)23-8-10-28-11-9-23)12-17(18)21(24)22-13-15-14-29-19-4-2-3-5-20(19)30-15/h2-7,12,15H,8-11,13-14H2,1H3,(H,22,24)/t15-/m1/s1. The topological polar surface area (TPSA) is 103 Å². The average molecular weight is 448 g/mol. The summed E-state index contributed by atoms with van der Waals surface area (Å²) in [6.07, 6.45) is -0.370. The Morgan fingerprint density at radius 1 is 1.16 bits per heavy atom. The first-order valence-corrected chi connectivity index (χ1v) is 11.4. The van der Waals surface area contributed by atoms with Crippen LogP contribution in [0, 0.1) is 0 Å². The third kappa shape index (κ3) is 4.60. The Labute approximate surface area is 180 Å². The van der Waals surface area contributed by atoms with Crippen LogP contribution in [0.15, 0.2) is 47.4 Å². The summed E-state index contributed by atoms with van der Waals surface area (Å²) in [5.41, 5.74) is 0.133. The minimum atomic E-state index is -3.74. The van der Waals surface area contributed by atoms with Crippen molar-refractivity contribution in [1.82, 2.24) is 9.62 Å². The number of morpholine rings is 1. The lowest BCUT2D eigenvalue weighted by Gasteiger charge is -2.27. The molecule has 0 radical (unpaired) electrons. The first-order chi connectivity index (χ1) is 15.0. The van der Waals surface area contributed by atoms with E-state index in [-0.39, 0.29) is 41.9 Å². The Balaban J connectivity index is 1.48. The molecule has 1 atom stereocenters. The summed E-state index contributed by atoms with van der Waals surface area (Å²) in [4.78, 5) is 12.9. The zero-order valence-corrected chi connectivity index (χ0v) is 17.9. The number of carbonyl (C=O) groups excluding carboxylic acids is 1. The number of nitrogens with zero attached hydrogens (tertiary/aromatic N) is 1. The summed E-state index contributed by atoms with van der Waals surface area (Å²) in [6, 6.07) is 11.6. The normalized spacial score (nSPS) is 18.9. The van der Waals surface area contributed by atoms with Crippen LogP contribution in [-0.4, -0.2) is 71.3 Å². The van der Waals surface area contributed by atoms with Crippen molar-refractivity contribution >= 4 is 15.9 Å². The first kappa shape index (κ1) is 21.4. The predicted octanol–water partition coefficient (Wildman–Crippen LogP) is 1.29. The van der Waals surface area contributed by atoms with Gasteiger partial charge in [-0.25, -0.2) is 8.42 Å². The zero-order chi connectivity index (χ0) is 21.8. The lowest BCUT2D eigenvalue weighted by atomic mass is 10.2. The maximum atomic E-state index is 12.9. The van der Waals surface area contributed by atoms with Crippen LogP contribution in [0.3, 0.4) is 0 Å². The van der Waals surface area contributed by atoms with Crippen LogP contribution in [0.1, 0.15) is 10.4 Å². The SMILES string of the molecule is COc1ccc(S(=O)(=O)N2CCOCC2)cc1C(=O)NC[C@@H]1COc2ccccc2O1. The molecule has 1 N–H and O–H groups in total. The first-order valence-electron chi connectivity index (χ1n) is 9.91. The number of sulfonamides is 1. The molecular weight excluding hydrogens is 424 g/mol. The Hall–Kier alpha value is -2.82. The van der Waals surface area contributed by atoms with Crippen molar-refractivity contribution in [3.63, 3.8) is 0 Å². The summed E-state index contributed by atoms with van der Waals surface area (Å²) < 4.78 is 49.2. The number of methoxy groups -OCH3 is 1. The van der Waals surface area contributed by atoms with Crippen molar-refractivity contribution in [2.75, 3.05) is 46.6 Å². The smallest absolute Gasteiger partial charge is 0.255 e. The van der Waals surface area contributed by atoms with Crippen molar-refractivity contribution in [3.05, 3.63) is 48.0 Å². The molecule has 0 bridgehead atoms. The molecule has 9 nitrogen and oxygen atoms in total. The van der Waals surface area contributed by atoms with E-state index >= 15 is 0 Å². The fourth-order valence-corrected chi connectivity index (χ4v) is 4.86. The Morgan fingerprint density at radius 3 is 2.65 bits per heavy atom. The lowest BCUT2D eigenvalue weighted by molar-refractivity contribution is 0.0730. The largest absolute Gasteiger partial charge is 0.496 e. The maximum Gasteiger partial charge on any atom is 0.255 e. The number of nitrogens with one attached hydrogen (secondary N) is 1. The second-order valence-corrected chi connectivity index (χ2v) is 9.02. The van der Waals surface area contributed by atoms with Crippen molar-refractivity contribution in [2.24, 2.45) is 0 Å². The van der Waals surface area contributed by atoms with Gasteiger partial charge in [-0.05, 0) is 30.3 Å². The van der Waals surface area contributed by atoms with E-state index in [0.717, 1.165) is 0 Å². The van der Waals surface area contributed by atoms with E-state index < -0.39 is 15.9 Å². The molecule has 2 heterocycles. The van der Waals surface area contributed by atoms with Crippen molar-refractivity contribution in [2.45, 2.75) is 11.0 Å². The molecule has 0 spiro atoms. The molecule has 1 saturated heterocycles. The van der Waals surface area contributed by atoms with E-state index in [1.165, 1.54) is 29.6 Å². The van der Waals surface area contributed by atoms with Crippen LogP contribution in [0.4, 0.5) is 0 Å². The Bertz CT molecular complexity index is 1050. The van der Waals surface area contributed by atoms with Crippen LogP contribution in [0.2, 0.25) is 0 Å². The van der Waals surface area contributed by atoms with Gasteiger partial charge in [-0.2, -0.15) is 4.31 Å². The molecule has 10 heteroatoms. The lowest BCUT2D eigenvalue weighted by Crippen LogP contribution is -2.41. The van der Waals surface area contributed by atoms with Gasteiger partial charge in [-0.1, -0.05) is 12.1 Å². The molecule has 0 aromatic heterocycles. The number of hydrogen-bond acceptors (Lipinski definition) is 7. The molecule has 1 amide bonds. The number of carbonyl (C=O) groups is 1. The summed E-state index contributed by atoms with van der Waals surface area (Å²) in [7, 11) is -2.31. The van der Waals surface area contributed by atoms with Crippen molar-refractivity contribution in [1.29, 1.82) is 0 Å². The quantitative estimate of drug-likeness (QED) is 0.710. The molecule has 0 saturated carbocycles. The summed E-state index contributed by atoms with van der Waals surface area (Å²) >= 11 is 0. The van der Waals surface area contributed by atoms with Gasteiger partial charge >= 0.3 is 0 Å². The average Bonchev–Trinajstić information content (AvgIpc) is 2.82. The summed E-state index contributed by atoms with van der Waals surface area (Å²) in [6.45, 7) is 1.72. The molecular formula is C21H24N2O7S. The number of rotatable bonds is 6. The van der Waals surface area contributed by atoms with Gasteiger partial charge in [0.05, 0.1) is 37.3 Å². The molecule has 0 aliphatic carbocycles. The number of fused-ring (bicyclic) bond motifs is 1. The van der Waals surface area contributed by atoms with E-state index in [9.17, 15) is 13.2 Å². The van der Waals surface area contributed by atoms with Gasteiger partial charge in [0.25, 0.3) is 5.91 Å². The molecule has 1 fully saturated rings. The van der Waals surface area contributed by atoms with Gasteiger partial charge in [0.15, 0.2) is 11.5 Å². The van der Waals surface area contributed by atoms with Crippen molar-refractivity contribution in [3.8, 4) is 17.2 Å². The predicted molar refractivity (Wildman–Crippen MR) is 111 cm³/mol. The second kappa shape index (κ2) is 9.13. The van der Waals surface area contributed by atoms with Crippen LogP contribution < -0.4 is 19.5 Å². The molecule has 166 valence electrons. The number of benzene rings is 2. The highest BCUT2D eigenvalue weighted by atomic mass is 32.2. The number of hydrogen-bond donors (Lipinski definition) is 1. The zero-order valence-electron chi connectivity index (χ0n) is 17.1. The molecule has 4 rings (SSSR count). The molecule has 2 aromatic rings. The fourth-order valence-electron chi connectivity index (χ4n) is 3.43. The monoisotopic (exact) mass is 448 g/mol.